The molecule has 1 aromatic carbocycles. The number of carbonyl (C=O) groups excluding carboxylic acids is 1. The van der Waals surface area contributed by atoms with Crippen molar-refractivity contribution in [3.05, 3.63) is 35.4 Å². The van der Waals surface area contributed by atoms with Gasteiger partial charge in [0.05, 0.1) is 17.5 Å². The number of hydrogen-bond donors (Lipinski definition) is 2. The smallest absolute Gasteiger partial charge is 0.335 e. The molecule has 1 fully saturated rings. The van der Waals surface area contributed by atoms with Gasteiger partial charge in [-0.15, -0.1) is 0 Å². The summed E-state index contributed by atoms with van der Waals surface area (Å²) in [5.74, 6) is -0.727. The highest BCUT2D eigenvalue weighted by molar-refractivity contribution is 7.80. The van der Waals surface area contributed by atoms with Crippen LogP contribution in [-0.2, 0) is 20.9 Å². The van der Waals surface area contributed by atoms with Gasteiger partial charge in [0.1, 0.15) is 13.2 Å². The van der Waals surface area contributed by atoms with Gasteiger partial charge in [-0.2, -0.15) is 0 Å². The van der Waals surface area contributed by atoms with E-state index >= 15 is 0 Å². The maximum absolute atomic E-state index is 12.5. The maximum atomic E-state index is 12.5. The molecule has 0 amide bonds. The minimum atomic E-state index is -0.968. The molecule has 0 aromatic heterocycles. The summed E-state index contributed by atoms with van der Waals surface area (Å²) in [6, 6.07) is 6.39. The number of ether oxygens (including phenoxy) is 2. The molecule has 0 aliphatic heterocycles. The zero-order chi connectivity index (χ0) is 20.9. The van der Waals surface area contributed by atoms with Crippen molar-refractivity contribution in [1.29, 1.82) is 0 Å². The molecule has 0 heterocycles. The first-order chi connectivity index (χ1) is 13.0. The molecule has 154 valence electrons. The van der Waals surface area contributed by atoms with Crippen LogP contribution in [0.2, 0.25) is 0 Å². The highest BCUT2D eigenvalue weighted by Crippen LogP contribution is 2.59. The van der Waals surface area contributed by atoms with Gasteiger partial charge in [-0.3, -0.25) is 4.79 Å². The topological polar surface area (TPSA) is 84.9 Å². The summed E-state index contributed by atoms with van der Waals surface area (Å²) in [5.41, 5.74) is 0.783. The zero-order valence-corrected chi connectivity index (χ0v) is 17.7. The van der Waals surface area contributed by atoms with Gasteiger partial charge in [-0.05, 0) is 54.1 Å². The fourth-order valence-electron chi connectivity index (χ4n) is 3.42. The Hall–Kier alpha value is -2.15. The van der Waals surface area contributed by atoms with Crippen LogP contribution in [0.5, 0.6) is 0 Å². The number of hydrogen-bond acceptors (Lipinski definition) is 5. The Labute approximate surface area is 171 Å². The molecule has 2 atom stereocenters. The van der Waals surface area contributed by atoms with E-state index in [1.165, 1.54) is 12.1 Å². The van der Waals surface area contributed by atoms with E-state index < -0.39 is 5.97 Å². The van der Waals surface area contributed by atoms with Crippen LogP contribution >= 0.6 is 12.2 Å². The Morgan fingerprint density at radius 2 is 1.86 bits per heavy atom. The summed E-state index contributed by atoms with van der Waals surface area (Å²) in [6.45, 7) is 9.35. The molecule has 1 aromatic rings. The molecule has 2 N–H and O–H groups in total. The maximum Gasteiger partial charge on any atom is 0.335 e. The van der Waals surface area contributed by atoms with Crippen molar-refractivity contribution in [2.75, 3.05) is 13.2 Å². The third kappa shape index (κ3) is 6.19. The van der Waals surface area contributed by atoms with E-state index in [0.717, 1.165) is 18.4 Å². The van der Waals surface area contributed by atoms with E-state index in [0.29, 0.717) is 12.5 Å². The van der Waals surface area contributed by atoms with Gasteiger partial charge in [0, 0.05) is 0 Å². The van der Waals surface area contributed by atoms with Crippen LogP contribution < -0.4 is 5.32 Å². The van der Waals surface area contributed by atoms with Gasteiger partial charge >= 0.3 is 11.9 Å². The molecular formula is C21H29NO5S. The van der Waals surface area contributed by atoms with E-state index in [2.05, 4.69) is 33.0 Å². The quantitative estimate of drug-likeness (QED) is 0.385. The zero-order valence-electron chi connectivity index (χ0n) is 16.9. The molecule has 0 spiro atoms. The largest absolute Gasteiger partial charge is 0.478 e. The summed E-state index contributed by atoms with van der Waals surface area (Å²) >= 11 is 5.11. The van der Waals surface area contributed by atoms with E-state index in [9.17, 15) is 9.59 Å². The number of esters is 1. The van der Waals surface area contributed by atoms with Crippen molar-refractivity contribution in [2.24, 2.45) is 16.7 Å². The molecule has 1 aliphatic carbocycles. The number of carboxylic acid groups (broad SMARTS) is 1. The van der Waals surface area contributed by atoms with E-state index in [1.54, 1.807) is 12.1 Å². The second kappa shape index (κ2) is 8.90. The third-order valence-electron chi connectivity index (χ3n) is 4.88. The number of rotatable bonds is 8. The molecule has 28 heavy (non-hydrogen) atoms. The molecule has 0 saturated heterocycles. The molecule has 0 radical (unpaired) electrons. The molecule has 1 aliphatic rings. The lowest BCUT2D eigenvalue weighted by atomic mass is 9.81. The number of benzene rings is 1. The van der Waals surface area contributed by atoms with Gasteiger partial charge in [0.25, 0.3) is 5.17 Å². The van der Waals surface area contributed by atoms with E-state index in [-0.39, 0.29) is 40.8 Å². The summed E-state index contributed by atoms with van der Waals surface area (Å²) < 4.78 is 10.9. The SMILES string of the molecule is CC1CC1(CC(C)(C)C)C(=O)OCCNC(=S)OCc1ccc(C(=O)O)cc1. The minimum absolute atomic E-state index is 0.0834. The average Bonchev–Trinajstić information content (AvgIpc) is 3.25. The highest BCUT2D eigenvalue weighted by Gasteiger charge is 2.59. The highest BCUT2D eigenvalue weighted by atomic mass is 32.1. The molecule has 2 rings (SSSR count). The molecule has 1 saturated carbocycles. The number of nitrogens with one attached hydrogen (secondary N) is 1. The van der Waals surface area contributed by atoms with E-state index in [4.69, 9.17) is 26.8 Å². The van der Waals surface area contributed by atoms with Gasteiger partial charge in [0.2, 0.25) is 0 Å². The first-order valence-corrected chi connectivity index (χ1v) is 9.84. The monoisotopic (exact) mass is 407 g/mol. The lowest BCUT2D eigenvalue weighted by Crippen LogP contribution is -2.31. The summed E-state index contributed by atoms with van der Waals surface area (Å²) in [4.78, 5) is 23.3. The molecular weight excluding hydrogens is 378 g/mol. The molecule has 7 heteroatoms. The van der Waals surface area contributed by atoms with Crippen LogP contribution in [0.1, 0.15) is 56.5 Å². The average molecular weight is 408 g/mol. The number of aromatic carboxylic acids is 1. The normalized spacial score (nSPS) is 20.9. The predicted octanol–water partition coefficient (Wildman–Crippen LogP) is 3.78. The van der Waals surface area contributed by atoms with Crippen LogP contribution in [0.25, 0.3) is 0 Å². The van der Waals surface area contributed by atoms with E-state index in [1.807, 2.05) is 0 Å². The Morgan fingerprint density at radius 3 is 2.36 bits per heavy atom. The van der Waals surface area contributed by atoms with Crippen LogP contribution in [-0.4, -0.2) is 35.4 Å². The number of carboxylic acids is 1. The van der Waals surface area contributed by atoms with Gasteiger partial charge in [-0.1, -0.05) is 39.8 Å². The second-order valence-corrected chi connectivity index (χ2v) is 9.01. The van der Waals surface area contributed by atoms with Crippen molar-refractivity contribution >= 4 is 29.3 Å². The standard InChI is InChI=1S/C21H29NO5S/c1-14-11-21(14,13-20(2,3)4)18(25)26-10-9-22-19(28)27-12-15-5-7-16(8-6-15)17(23)24/h5-8,14H,9-13H2,1-4H3,(H,22,28)(H,23,24). The Kier molecular flexibility index (Phi) is 7.04. The van der Waals surface area contributed by atoms with Crippen molar-refractivity contribution in [2.45, 2.75) is 47.1 Å². The number of thiocarbonyl (C=S) groups is 1. The van der Waals surface area contributed by atoms with Crippen molar-refractivity contribution in [3.63, 3.8) is 0 Å². The lowest BCUT2D eigenvalue weighted by molar-refractivity contribution is -0.152. The molecule has 0 bridgehead atoms. The third-order valence-corrected chi connectivity index (χ3v) is 5.14. The van der Waals surface area contributed by atoms with Crippen molar-refractivity contribution < 1.29 is 24.2 Å². The Balaban J connectivity index is 1.67. The van der Waals surface area contributed by atoms with Crippen LogP contribution in [0.3, 0.4) is 0 Å². The van der Waals surface area contributed by atoms with Crippen LogP contribution in [0.4, 0.5) is 0 Å². The summed E-state index contributed by atoms with van der Waals surface area (Å²) in [7, 11) is 0. The Morgan fingerprint density at radius 1 is 1.25 bits per heavy atom. The predicted molar refractivity (Wildman–Crippen MR) is 110 cm³/mol. The van der Waals surface area contributed by atoms with Crippen LogP contribution in [0.15, 0.2) is 24.3 Å². The fourth-order valence-corrected chi connectivity index (χ4v) is 3.58. The van der Waals surface area contributed by atoms with Crippen LogP contribution in [0, 0.1) is 16.7 Å². The van der Waals surface area contributed by atoms with Crippen molar-refractivity contribution in [3.8, 4) is 0 Å². The van der Waals surface area contributed by atoms with Gasteiger partial charge in [0.15, 0.2) is 0 Å². The summed E-state index contributed by atoms with van der Waals surface area (Å²) in [6.07, 6.45) is 1.72. The van der Waals surface area contributed by atoms with Crippen molar-refractivity contribution in [1.82, 2.24) is 5.32 Å². The van der Waals surface area contributed by atoms with Gasteiger partial charge < -0.3 is 19.9 Å². The first kappa shape index (κ1) is 22.1. The molecule has 6 nitrogen and oxygen atoms in total. The second-order valence-electron chi connectivity index (χ2n) is 8.64. The minimum Gasteiger partial charge on any atom is -0.478 e. The molecule has 2 unspecified atom stereocenters. The fraction of sp³-hybridized carbons (Fsp3) is 0.571. The number of carbonyl (C=O) groups is 2. The summed E-state index contributed by atoms with van der Waals surface area (Å²) in [5, 5.41) is 12.0. The Bertz CT molecular complexity index is 725. The lowest BCUT2D eigenvalue weighted by Gasteiger charge is -2.25. The first-order valence-electron chi connectivity index (χ1n) is 9.43. The van der Waals surface area contributed by atoms with Gasteiger partial charge in [-0.25, -0.2) is 4.79 Å².